The summed E-state index contributed by atoms with van der Waals surface area (Å²) in [7, 11) is 1.51. The number of H-pyrrole nitrogens is 1. The number of carbonyl (C=O) groups is 2. The van der Waals surface area contributed by atoms with Crippen LogP contribution in [0.2, 0.25) is 0 Å². The molecule has 0 atom stereocenters. The Morgan fingerprint density at radius 2 is 1.69 bits per heavy atom. The number of furan rings is 1. The number of rotatable bonds is 4. The molecule has 2 N–H and O–H groups in total. The number of nitrogens with one attached hydrogen (secondary N) is 2. The van der Waals surface area contributed by atoms with Crippen molar-refractivity contribution in [2.75, 3.05) is 12.4 Å². The number of Topliss-reactive ketones (excluding diaryl/α,β-unsaturated/α-hetero) is 1. The van der Waals surface area contributed by atoms with Crippen molar-refractivity contribution >= 4 is 50.2 Å². The van der Waals surface area contributed by atoms with Crippen molar-refractivity contribution in [2.24, 2.45) is 0 Å². The molecular weight excluding hydrogens is 368 g/mol. The first kappa shape index (κ1) is 17.1. The van der Waals surface area contributed by atoms with Crippen LogP contribution in [0.5, 0.6) is 5.75 Å². The van der Waals surface area contributed by atoms with Gasteiger partial charge in [0.05, 0.1) is 18.4 Å². The minimum absolute atomic E-state index is 0.321. The van der Waals surface area contributed by atoms with Gasteiger partial charge in [0.25, 0.3) is 11.7 Å². The molecule has 0 spiro atoms. The first-order chi connectivity index (χ1) is 14.2. The van der Waals surface area contributed by atoms with Gasteiger partial charge >= 0.3 is 0 Å². The van der Waals surface area contributed by atoms with Gasteiger partial charge in [-0.1, -0.05) is 36.4 Å². The van der Waals surface area contributed by atoms with Gasteiger partial charge in [-0.15, -0.1) is 0 Å². The Bertz CT molecular complexity index is 1410. The van der Waals surface area contributed by atoms with Crippen LogP contribution in [-0.4, -0.2) is 23.8 Å². The third kappa shape index (κ3) is 2.73. The lowest BCUT2D eigenvalue weighted by atomic mass is 10.1. The summed E-state index contributed by atoms with van der Waals surface area (Å²) >= 11 is 0. The monoisotopic (exact) mass is 384 g/mol. The largest absolute Gasteiger partial charge is 0.495 e. The second-order valence-electron chi connectivity index (χ2n) is 6.68. The van der Waals surface area contributed by atoms with Crippen LogP contribution in [0.1, 0.15) is 10.4 Å². The van der Waals surface area contributed by atoms with Crippen LogP contribution in [-0.2, 0) is 4.79 Å². The number of ether oxygens (including phenoxy) is 1. The third-order valence-corrected chi connectivity index (χ3v) is 4.99. The first-order valence-corrected chi connectivity index (χ1v) is 9.07. The smallest absolute Gasteiger partial charge is 0.296 e. The molecule has 5 rings (SSSR count). The minimum Gasteiger partial charge on any atom is -0.495 e. The number of anilines is 1. The molecule has 5 aromatic rings. The number of aromatic nitrogens is 1. The highest BCUT2D eigenvalue weighted by Crippen LogP contribution is 2.36. The lowest BCUT2D eigenvalue weighted by Crippen LogP contribution is -2.23. The van der Waals surface area contributed by atoms with Crippen LogP contribution in [0.4, 0.5) is 5.69 Å². The summed E-state index contributed by atoms with van der Waals surface area (Å²) in [4.78, 5) is 28.4. The van der Waals surface area contributed by atoms with Gasteiger partial charge in [0.2, 0.25) is 0 Å². The molecule has 0 radical (unpaired) electrons. The molecule has 6 nitrogen and oxygen atoms in total. The van der Waals surface area contributed by atoms with Gasteiger partial charge in [-0.2, -0.15) is 0 Å². The Hall–Kier alpha value is -4.06. The topological polar surface area (TPSA) is 84.3 Å². The zero-order valence-corrected chi connectivity index (χ0v) is 15.5. The molecule has 142 valence electrons. The van der Waals surface area contributed by atoms with Gasteiger partial charge in [-0.05, 0) is 18.2 Å². The van der Waals surface area contributed by atoms with Gasteiger partial charge in [-0.3, -0.25) is 9.59 Å². The number of hydrogen-bond donors (Lipinski definition) is 2. The molecule has 3 aromatic carbocycles. The molecule has 1 amide bonds. The number of carbonyl (C=O) groups excluding carboxylic acids is 2. The number of fused-ring (bicyclic) bond motifs is 4. The number of hydrogen-bond acceptors (Lipinski definition) is 4. The first-order valence-electron chi connectivity index (χ1n) is 9.07. The minimum atomic E-state index is -0.747. The zero-order valence-electron chi connectivity index (χ0n) is 15.5. The lowest BCUT2D eigenvalue weighted by Gasteiger charge is -2.09. The zero-order chi connectivity index (χ0) is 20.0. The van der Waals surface area contributed by atoms with E-state index in [1.54, 1.807) is 24.4 Å². The maximum atomic E-state index is 12.7. The van der Waals surface area contributed by atoms with Crippen LogP contribution in [0, 0.1) is 0 Å². The number of amides is 1. The summed E-state index contributed by atoms with van der Waals surface area (Å²) in [6, 6.07) is 18.5. The Morgan fingerprint density at radius 1 is 0.931 bits per heavy atom. The average Bonchev–Trinajstić information content (AvgIpc) is 3.33. The van der Waals surface area contributed by atoms with Gasteiger partial charge in [0.1, 0.15) is 16.9 Å². The lowest BCUT2D eigenvalue weighted by molar-refractivity contribution is -0.112. The van der Waals surface area contributed by atoms with E-state index >= 15 is 0 Å². The summed E-state index contributed by atoms with van der Waals surface area (Å²) in [5, 5.41) is 5.19. The molecule has 0 saturated carbocycles. The fourth-order valence-electron chi connectivity index (χ4n) is 3.58. The van der Waals surface area contributed by atoms with E-state index in [0.717, 1.165) is 21.9 Å². The number of aromatic amines is 1. The maximum absolute atomic E-state index is 12.7. The Morgan fingerprint density at radius 3 is 2.52 bits per heavy atom. The van der Waals surface area contributed by atoms with E-state index in [-0.39, 0.29) is 0 Å². The number of ketones is 1. The molecular formula is C23H16N2O4. The molecule has 0 fully saturated rings. The highest BCUT2D eigenvalue weighted by molar-refractivity contribution is 6.48. The van der Waals surface area contributed by atoms with Crippen LogP contribution < -0.4 is 10.1 Å². The molecule has 2 aromatic heterocycles. The van der Waals surface area contributed by atoms with Crippen LogP contribution in [0.3, 0.4) is 0 Å². The van der Waals surface area contributed by atoms with Crippen LogP contribution in [0.15, 0.2) is 71.3 Å². The summed E-state index contributed by atoms with van der Waals surface area (Å²) in [6.07, 6.45) is 1.55. The number of para-hydroxylation sites is 2. The second-order valence-corrected chi connectivity index (χ2v) is 6.68. The van der Waals surface area contributed by atoms with Crippen LogP contribution >= 0.6 is 0 Å². The van der Waals surface area contributed by atoms with Crippen molar-refractivity contribution in [2.45, 2.75) is 0 Å². The van der Waals surface area contributed by atoms with E-state index in [0.29, 0.717) is 28.0 Å². The molecule has 6 heteroatoms. The molecule has 0 unspecified atom stereocenters. The Labute approximate surface area is 165 Å². The highest BCUT2D eigenvalue weighted by Gasteiger charge is 2.22. The van der Waals surface area contributed by atoms with Crippen molar-refractivity contribution < 1.29 is 18.7 Å². The fourth-order valence-corrected chi connectivity index (χ4v) is 3.58. The Balaban J connectivity index is 1.52. The summed E-state index contributed by atoms with van der Waals surface area (Å²) in [6.45, 7) is 0. The number of methoxy groups -OCH3 is 1. The van der Waals surface area contributed by atoms with E-state index in [4.69, 9.17) is 9.15 Å². The maximum Gasteiger partial charge on any atom is 0.296 e. The predicted octanol–water partition coefficient (Wildman–Crippen LogP) is 4.90. The van der Waals surface area contributed by atoms with E-state index in [2.05, 4.69) is 10.3 Å². The van der Waals surface area contributed by atoms with Crippen molar-refractivity contribution in [1.29, 1.82) is 0 Å². The summed E-state index contributed by atoms with van der Waals surface area (Å²) in [5.74, 6) is -0.929. The predicted molar refractivity (Wildman–Crippen MR) is 112 cm³/mol. The molecule has 0 aliphatic carbocycles. The van der Waals surface area contributed by atoms with E-state index < -0.39 is 11.7 Å². The van der Waals surface area contributed by atoms with Gasteiger partial charge < -0.3 is 19.5 Å². The highest BCUT2D eigenvalue weighted by atomic mass is 16.5. The van der Waals surface area contributed by atoms with Gasteiger partial charge in [0, 0.05) is 33.9 Å². The third-order valence-electron chi connectivity index (χ3n) is 4.99. The normalized spacial score (nSPS) is 11.2. The summed E-state index contributed by atoms with van der Waals surface area (Å²) in [5.41, 5.74) is 2.83. The van der Waals surface area contributed by atoms with E-state index in [9.17, 15) is 9.59 Å². The van der Waals surface area contributed by atoms with Gasteiger partial charge in [-0.25, -0.2) is 0 Å². The van der Waals surface area contributed by atoms with Crippen molar-refractivity contribution in [3.8, 4) is 5.75 Å². The summed E-state index contributed by atoms with van der Waals surface area (Å²) < 4.78 is 11.3. The number of benzene rings is 3. The molecule has 2 heterocycles. The Kier molecular flexibility index (Phi) is 3.84. The standard InChI is InChI=1S/C23H16N2O4/c1-28-21-10-15-14-7-3-5-9-19(14)29-20(15)11-18(21)25-23(27)22(26)16-12-24-17-8-4-2-6-13(16)17/h2-12,24H,1H3,(H,25,27). The van der Waals surface area contributed by atoms with Crippen molar-refractivity contribution in [3.63, 3.8) is 0 Å². The van der Waals surface area contributed by atoms with E-state index in [1.165, 1.54) is 7.11 Å². The van der Waals surface area contributed by atoms with Crippen molar-refractivity contribution in [1.82, 2.24) is 4.98 Å². The van der Waals surface area contributed by atoms with Crippen LogP contribution in [0.25, 0.3) is 32.8 Å². The molecule has 0 saturated heterocycles. The van der Waals surface area contributed by atoms with Crippen molar-refractivity contribution in [3.05, 3.63) is 72.4 Å². The molecule has 0 aliphatic rings. The second kappa shape index (κ2) is 6.53. The van der Waals surface area contributed by atoms with E-state index in [1.807, 2.05) is 42.5 Å². The quantitative estimate of drug-likeness (QED) is 0.341. The molecule has 0 bridgehead atoms. The molecule has 0 aliphatic heterocycles. The molecule has 29 heavy (non-hydrogen) atoms. The van der Waals surface area contributed by atoms with Gasteiger partial charge in [0.15, 0.2) is 0 Å². The fraction of sp³-hybridized carbons (Fsp3) is 0.0435. The average molecular weight is 384 g/mol. The SMILES string of the molecule is COc1cc2c(cc1NC(=O)C(=O)c1c[nH]c3ccccc13)oc1ccccc12.